The number of aromatic nitrogens is 1. The lowest BCUT2D eigenvalue weighted by molar-refractivity contribution is 0.940. The van der Waals surface area contributed by atoms with E-state index in [1.165, 1.54) is 22.2 Å². The van der Waals surface area contributed by atoms with Crippen LogP contribution in [0.1, 0.15) is 11.3 Å². The first-order valence-corrected chi connectivity index (χ1v) is 4.58. The summed E-state index contributed by atoms with van der Waals surface area (Å²) in [7, 11) is 0. The summed E-state index contributed by atoms with van der Waals surface area (Å²) in [6.45, 7) is 2.80. The van der Waals surface area contributed by atoms with Gasteiger partial charge in [-0.05, 0) is 43.0 Å². The zero-order valence-corrected chi connectivity index (χ0v) is 7.80. The van der Waals surface area contributed by atoms with Crippen molar-refractivity contribution in [1.29, 1.82) is 0 Å². The van der Waals surface area contributed by atoms with Crippen molar-refractivity contribution in [2.24, 2.45) is 5.73 Å². The summed E-state index contributed by atoms with van der Waals surface area (Å²) in [5, 5.41) is 1.27. The third-order valence-electron chi connectivity index (χ3n) is 2.25. The van der Waals surface area contributed by atoms with E-state index >= 15 is 0 Å². The number of aromatic amines is 1. The molecule has 0 aliphatic heterocycles. The molecular formula is C11H14N2. The fraction of sp³-hybridized carbons (Fsp3) is 0.273. The van der Waals surface area contributed by atoms with Gasteiger partial charge in [0, 0.05) is 11.2 Å². The maximum atomic E-state index is 5.49. The van der Waals surface area contributed by atoms with Crippen LogP contribution in [0.2, 0.25) is 0 Å². The minimum Gasteiger partial charge on any atom is -0.358 e. The van der Waals surface area contributed by atoms with E-state index in [1.807, 2.05) is 0 Å². The zero-order valence-electron chi connectivity index (χ0n) is 7.80. The van der Waals surface area contributed by atoms with Crippen LogP contribution in [0.5, 0.6) is 0 Å². The highest BCUT2D eigenvalue weighted by Gasteiger charge is 1.99. The average molecular weight is 174 g/mol. The van der Waals surface area contributed by atoms with Crippen LogP contribution in [0.25, 0.3) is 10.9 Å². The van der Waals surface area contributed by atoms with Gasteiger partial charge in [-0.25, -0.2) is 0 Å². The molecule has 2 heteroatoms. The molecule has 1 heterocycles. The van der Waals surface area contributed by atoms with E-state index in [-0.39, 0.29) is 0 Å². The number of hydrogen-bond acceptors (Lipinski definition) is 1. The number of nitrogens with two attached hydrogens (primary N) is 1. The highest BCUT2D eigenvalue weighted by Crippen LogP contribution is 2.16. The first-order chi connectivity index (χ1) is 6.29. The van der Waals surface area contributed by atoms with Gasteiger partial charge in [-0.1, -0.05) is 12.1 Å². The molecular weight excluding hydrogens is 160 g/mol. The Morgan fingerprint density at radius 3 is 2.92 bits per heavy atom. The Hall–Kier alpha value is -1.28. The van der Waals surface area contributed by atoms with E-state index in [9.17, 15) is 0 Å². The molecule has 0 bridgehead atoms. The molecule has 1 aromatic carbocycles. The van der Waals surface area contributed by atoms with E-state index < -0.39 is 0 Å². The summed E-state index contributed by atoms with van der Waals surface area (Å²) < 4.78 is 0. The van der Waals surface area contributed by atoms with Gasteiger partial charge in [-0.3, -0.25) is 0 Å². The van der Waals surface area contributed by atoms with E-state index in [2.05, 4.69) is 36.2 Å². The van der Waals surface area contributed by atoms with Crippen molar-refractivity contribution in [2.45, 2.75) is 13.3 Å². The lowest BCUT2D eigenvalue weighted by Gasteiger charge is -1.91. The van der Waals surface area contributed by atoms with Crippen LogP contribution in [0.3, 0.4) is 0 Å². The molecule has 0 saturated heterocycles. The first kappa shape index (κ1) is 8.32. The topological polar surface area (TPSA) is 41.8 Å². The Kier molecular flexibility index (Phi) is 2.07. The Labute approximate surface area is 77.8 Å². The van der Waals surface area contributed by atoms with E-state index in [0.717, 1.165) is 6.42 Å². The quantitative estimate of drug-likeness (QED) is 0.718. The van der Waals surface area contributed by atoms with Gasteiger partial charge < -0.3 is 10.7 Å². The smallest absolute Gasteiger partial charge is 0.0458 e. The van der Waals surface area contributed by atoms with Crippen LogP contribution >= 0.6 is 0 Å². The van der Waals surface area contributed by atoms with Crippen molar-refractivity contribution in [2.75, 3.05) is 6.54 Å². The number of hydrogen-bond donors (Lipinski definition) is 2. The molecule has 1 aromatic heterocycles. The van der Waals surface area contributed by atoms with Gasteiger partial charge in [0.25, 0.3) is 0 Å². The van der Waals surface area contributed by atoms with Crippen molar-refractivity contribution < 1.29 is 0 Å². The third-order valence-corrected chi connectivity index (χ3v) is 2.25. The molecule has 68 valence electrons. The number of nitrogens with one attached hydrogen (secondary N) is 1. The minimum atomic E-state index is 0.700. The highest BCUT2D eigenvalue weighted by atomic mass is 14.7. The molecule has 13 heavy (non-hydrogen) atoms. The van der Waals surface area contributed by atoms with Crippen molar-refractivity contribution in [3.8, 4) is 0 Å². The van der Waals surface area contributed by atoms with Gasteiger partial charge in [-0.2, -0.15) is 0 Å². The fourth-order valence-electron chi connectivity index (χ4n) is 1.59. The monoisotopic (exact) mass is 174 g/mol. The van der Waals surface area contributed by atoms with Crippen LogP contribution in [-0.2, 0) is 6.42 Å². The second-order valence-corrected chi connectivity index (χ2v) is 3.42. The van der Waals surface area contributed by atoms with E-state index in [4.69, 9.17) is 5.73 Å². The van der Waals surface area contributed by atoms with Crippen LogP contribution in [0.15, 0.2) is 24.3 Å². The van der Waals surface area contributed by atoms with Crippen molar-refractivity contribution in [3.05, 3.63) is 35.5 Å². The maximum absolute atomic E-state index is 5.49. The molecule has 0 saturated carbocycles. The molecule has 3 N–H and O–H groups in total. The Balaban J connectivity index is 2.49. The third kappa shape index (κ3) is 1.58. The summed E-state index contributed by atoms with van der Waals surface area (Å²) in [5.41, 5.74) is 9.21. The molecule has 2 rings (SSSR count). The molecule has 0 fully saturated rings. The molecule has 0 spiro atoms. The first-order valence-electron chi connectivity index (χ1n) is 4.58. The van der Waals surface area contributed by atoms with Crippen LogP contribution in [-0.4, -0.2) is 11.5 Å². The summed E-state index contributed by atoms with van der Waals surface area (Å²) in [5.74, 6) is 0. The maximum Gasteiger partial charge on any atom is 0.0458 e. The van der Waals surface area contributed by atoms with Gasteiger partial charge in [0.15, 0.2) is 0 Å². The number of fused-ring (bicyclic) bond motifs is 1. The summed E-state index contributed by atoms with van der Waals surface area (Å²) in [6, 6.07) is 8.60. The van der Waals surface area contributed by atoms with Gasteiger partial charge in [0.1, 0.15) is 0 Å². The SMILES string of the molecule is Cc1ccc2cc(CCN)[nH]c2c1. The highest BCUT2D eigenvalue weighted by molar-refractivity contribution is 5.81. The van der Waals surface area contributed by atoms with Crippen molar-refractivity contribution >= 4 is 10.9 Å². The Morgan fingerprint density at radius 2 is 2.15 bits per heavy atom. The normalized spacial score (nSPS) is 10.9. The molecule has 0 atom stereocenters. The number of benzene rings is 1. The average Bonchev–Trinajstić information content (AvgIpc) is 2.46. The predicted octanol–water partition coefficient (Wildman–Crippen LogP) is 1.98. The molecule has 0 aliphatic rings. The second-order valence-electron chi connectivity index (χ2n) is 3.42. The standard InChI is InChI=1S/C11H14N2/c1-8-2-3-9-7-10(4-5-12)13-11(9)6-8/h2-3,6-7,13H,4-5,12H2,1H3. The minimum absolute atomic E-state index is 0.700. The lowest BCUT2D eigenvalue weighted by atomic mass is 10.2. The molecule has 0 aliphatic carbocycles. The lowest BCUT2D eigenvalue weighted by Crippen LogP contribution is -2.02. The summed E-state index contributed by atoms with van der Waals surface area (Å²) in [4.78, 5) is 3.36. The molecule has 0 amide bonds. The van der Waals surface area contributed by atoms with Crippen LogP contribution in [0.4, 0.5) is 0 Å². The molecule has 2 nitrogen and oxygen atoms in total. The second kappa shape index (κ2) is 3.23. The molecule has 0 unspecified atom stereocenters. The van der Waals surface area contributed by atoms with Crippen molar-refractivity contribution in [1.82, 2.24) is 4.98 Å². The summed E-state index contributed by atoms with van der Waals surface area (Å²) in [6.07, 6.45) is 0.924. The van der Waals surface area contributed by atoms with Crippen LogP contribution in [0, 0.1) is 6.92 Å². The number of rotatable bonds is 2. The fourth-order valence-corrected chi connectivity index (χ4v) is 1.59. The molecule has 2 aromatic rings. The van der Waals surface area contributed by atoms with Gasteiger partial charge in [0.2, 0.25) is 0 Å². The van der Waals surface area contributed by atoms with E-state index in [1.54, 1.807) is 0 Å². The Bertz CT molecular complexity index is 415. The van der Waals surface area contributed by atoms with Crippen molar-refractivity contribution in [3.63, 3.8) is 0 Å². The van der Waals surface area contributed by atoms with Gasteiger partial charge in [0.05, 0.1) is 0 Å². The van der Waals surface area contributed by atoms with Gasteiger partial charge in [-0.15, -0.1) is 0 Å². The van der Waals surface area contributed by atoms with Crippen LogP contribution < -0.4 is 5.73 Å². The summed E-state index contributed by atoms with van der Waals surface area (Å²) >= 11 is 0. The Morgan fingerprint density at radius 1 is 1.31 bits per heavy atom. The van der Waals surface area contributed by atoms with Gasteiger partial charge >= 0.3 is 0 Å². The zero-order chi connectivity index (χ0) is 9.26. The van der Waals surface area contributed by atoms with E-state index in [0.29, 0.717) is 6.54 Å². The number of H-pyrrole nitrogens is 1. The molecule has 0 radical (unpaired) electrons. The predicted molar refractivity (Wildman–Crippen MR) is 55.8 cm³/mol. The largest absolute Gasteiger partial charge is 0.358 e. The number of aryl methyl sites for hydroxylation is 1.